The predicted octanol–water partition coefficient (Wildman–Crippen LogP) is 2.65. The highest BCUT2D eigenvalue weighted by Crippen LogP contribution is 2.55. The average Bonchev–Trinajstić information content (AvgIpc) is 2.64. The van der Waals surface area contributed by atoms with Gasteiger partial charge in [0.05, 0.1) is 7.11 Å². The number of benzene rings is 1. The van der Waals surface area contributed by atoms with Crippen LogP contribution in [0.1, 0.15) is 48.9 Å². The molecular formula is C21H26N2O5. The summed E-state index contributed by atoms with van der Waals surface area (Å²) in [5, 5.41) is 5.45. The molecule has 2 N–H and O–H groups in total. The van der Waals surface area contributed by atoms with Crippen molar-refractivity contribution in [3.63, 3.8) is 0 Å². The summed E-state index contributed by atoms with van der Waals surface area (Å²) in [7, 11) is 1.28. The number of methoxy groups -OCH3 is 1. The fourth-order valence-electron chi connectivity index (χ4n) is 5.71. The normalized spacial score (nSPS) is 29.8. The second-order valence-electron chi connectivity index (χ2n) is 8.48. The first-order chi connectivity index (χ1) is 13.5. The number of esters is 1. The van der Waals surface area contributed by atoms with Crippen molar-refractivity contribution in [3.05, 3.63) is 29.8 Å². The molecule has 7 heteroatoms. The third-order valence-electron chi connectivity index (χ3n) is 6.32. The van der Waals surface area contributed by atoms with Gasteiger partial charge in [-0.05, 0) is 68.4 Å². The summed E-state index contributed by atoms with van der Waals surface area (Å²) in [4.78, 5) is 36.3. The number of para-hydroxylation sites is 1. The fourth-order valence-corrected chi connectivity index (χ4v) is 5.71. The molecule has 4 bridgehead atoms. The van der Waals surface area contributed by atoms with E-state index in [9.17, 15) is 14.4 Å². The molecule has 1 aromatic carbocycles. The Kier molecular flexibility index (Phi) is 5.00. The Morgan fingerprint density at radius 2 is 1.64 bits per heavy atom. The van der Waals surface area contributed by atoms with Crippen LogP contribution in [0.15, 0.2) is 24.3 Å². The van der Waals surface area contributed by atoms with Crippen LogP contribution in [0.5, 0.6) is 5.75 Å². The van der Waals surface area contributed by atoms with Crippen LogP contribution in [0.4, 0.5) is 4.79 Å². The van der Waals surface area contributed by atoms with Gasteiger partial charge in [-0.15, -0.1) is 0 Å². The molecule has 3 amide bonds. The Hall–Kier alpha value is -2.57. The molecule has 1 aromatic rings. The number of carbonyl (C=O) groups is 3. The molecule has 5 rings (SSSR count). The van der Waals surface area contributed by atoms with E-state index in [1.807, 2.05) is 0 Å². The van der Waals surface area contributed by atoms with E-state index in [1.165, 1.54) is 26.4 Å². The highest BCUT2D eigenvalue weighted by Gasteiger charge is 2.51. The first kappa shape index (κ1) is 18.8. The van der Waals surface area contributed by atoms with Crippen LogP contribution in [0, 0.1) is 17.8 Å². The highest BCUT2D eigenvalue weighted by molar-refractivity contribution is 5.96. The van der Waals surface area contributed by atoms with Crippen molar-refractivity contribution in [1.82, 2.24) is 10.6 Å². The summed E-state index contributed by atoms with van der Waals surface area (Å²) in [6, 6.07) is 6.04. The molecule has 4 aliphatic carbocycles. The lowest BCUT2D eigenvalue weighted by Crippen LogP contribution is -2.62. The molecule has 0 unspecified atom stereocenters. The second-order valence-corrected chi connectivity index (χ2v) is 8.48. The molecule has 150 valence electrons. The largest absolute Gasteiger partial charge is 0.483 e. The van der Waals surface area contributed by atoms with E-state index < -0.39 is 17.9 Å². The minimum Gasteiger partial charge on any atom is -0.483 e. The molecule has 0 radical (unpaired) electrons. The maximum absolute atomic E-state index is 12.4. The molecule has 0 spiro atoms. The summed E-state index contributed by atoms with van der Waals surface area (Å²) in [5.74, 6) is 1.27. The molecule has 0 atom stereocenters. The smallest absolute Gasteiger partial charge is 0.341 e. The number of hydrogen-bond acceptors (Lipinski definition) is 5. The van der Waals surface area contributed by atoms with Crippen molar-refractivity contribution in [1.29, 1.82) is 0 Å². The number of nitrogens with one attached hydrogen (secondary N) is 2. The summed E-state index contributed by atoms with van der Waals surface area (Å²) in [6.07, 6.45) is 6.91. The van der Waals surface area contributed by atoms with Gasteiger partial charge in [-0.1, -0.05) is 12.1 Å². The van der Waals surface area contributed by atoms with Gasteiger partial charge in [0.15, 0.2) is 6.61 Å². The zero-order chi connectivity index (χ0) is 19.7. The van der Waals surface area contributed by atoms with Gasteiger partial charge in [-0.2, -0.15) is 0 Å². The van der Waals surface area contributed by atoms with E-state index >= 15 is 0 Å². The number of carbonyl (C=O) groups excluding carboxylic acids is 3. The predicted molar refractivity (Wildman–Crippen MR) is 101 cm³/mol. The maximum Gasteiger partial charge on any atom is 0.341 e. The Labute approximate surface area is 164 Å². The minimum atomic E-state index is -0.554. The van der Waals surface area contributed by atoms with Crippen LogP contribution in [0.2, 0.25) is 0 Å². The molecule has 4 fully saturated rings. The number of imide groups is 1. The quantitative estimate of drug-likeness (QED) is 0.759. The third-order valence-corrected chi connectivity index (χ3v) is 6.32. The van der Waals surface area contributed by atoms with Crippen LogP contribution in [-0.2, 0) is 9.53 Å². The van der Waals surface area contributed by atoms with Crippen molar-refractivity contribution in [2.45, 2.75) is 44.1 Å². The number of amides is 3. The number of hydrogen-bond donors (Lipinski definition) is 2. The van der Waals surface area contributed by atoms with Gasteiger partial charge in [-0.25, -0.2) is 9.59 Å². The Balaban J connectivity index is 1.30. The maximum atomic E-state index is 12.4. The van der Waals surface area contributed by atoms with E-state index in [-0.39, 0.29) is 23.5 Å². The van der Waals surface area contributed by atoms with Gasteiger partial charge in [0.25, 0.3) is 5.91 Å². The number of ether oxygens (including phenoxy) is 2. The van der Waals surface area contributed by atoms with Crippen LogP contribution in [0.25, 0.3) is 0 Å². The summed E-state index contributed by atoms with van der Waals surface area (Å²) >= 11 is 0. The summed E-state index contributed by atoms with van der Waals surface area (Å²) < 4.78 is 10.1. The standard InChI is InChI=1S/C21H26N2O5/c1-27-19(25)16-4-2-3-5-17(16)28-12-18(24)22-20(26)23-21-9-13-6-14(10-21)8-15(7-13)11-21/h2-5,13-15H,6-12H2,1H3,(H2,22,23,24,26). The monoisotopic (exact) mass is 386 g/mol. The Morgan fingerprint density at radius 1 is 1.04 bits per heavy atom. The number of rotatable bonds is 5. The van der Waals surface area contributed by atoms with Crippen molar-refractivity contribution < 1.29 is 23.9 Å². The topological polar surface area (TPSA) is 93.7 Å². The van der Waals surface area contributed by atoms with Crippen molar-refractivity contribution in [3.8, 4) is 5.75 Å². The summed E-state index contributed by atoms with van der Waals surface area (Å²) in [5.41, 5.74) is 0.0769. The van der Waals surface area contributed by atoms with E-state index in [0.29, 0.717) is 17.8 Å². The van der Waals surface area contributed by atoms with Crippen molar-refractivity contribution in [2.75, 3.05) is 13.7 Å². The fraction of sp³-hybridized carbons (Fsp3) is 0.571. The molecule has 0 aliphatic heterocycles. The first-order valence-corrected chi connectivity index (χ1v) is 9.88. The van der Waals surface area contributed by atoms with Gasteiger partial charge < -0.3 is 14.8 Å². The molecular weight excluding hydrogens is 360 g/mol. The first-order valence-electron chi connectivity index (χ1n) is 9.88. The Bertz CT molecular complexity index is 755. The zero-order valence-electron chi connectivity index (χ0n) is 16.0. The van der Waals surface area contributed by atoms with Crippen LogP contribution < -0.4 is 15.4 Å². The molecule has 0 heterocycles. The summed E-state index contributed by atoms with van der Waals surface area (Å²) in [6.45, 7) is -0.359. The van der Waals surface area contributed by atoms with Gasteiger partial charge in [0.2, 0.25) is 0 Å². The van der Waals surface area contributed by atoms with E-state index in [1.54, 1.807) is 24.3 Å². The highest BCUT2D eigenvalue weighted by atomic mass is 16.5. The van der Waals surface area contributed by atoms with Crippen molar-refractivity contribution >= 4 is 17.9 Å². The second kappa shape index (κ2) is 7.45. The zero-order valence-corrected chi connectivity index (χ0v) is 16.0. The molecule has 4 aliphatic rings. The van der Waals surface area contributed by atoms with Gasteiger partial charge in [0.1, 0.15) is 11.3 Å². The molecule has 0 aromatic heterocycles. The van der Waals surface area contributed by atoms with Gasteiger partial charge in [0, 0.05) is 5.54 Å². The number of urea groups is 1. The molecule has 4 saturated carbocycles. The SMILES string of the molecule is COC(=O)c1ccccc1OCC(=O)NC(=O)NC12CC3CC(CC(C3)C1)C2. The third kappa shape index (κ3) is 3.84. The lowest BCUT2D eigenvalue weighted by Gasteiger charge is -2.56. The van der Waals surface area contributed by atoms with E-state index in [4.69, 9.17) is 9.47 Å². The van der Waals surface area contributed by atoms with Crippen molar-refractivity contribution in [2.24, 2.45) is 17.8 Å². The molecule has 28 heavy (non-hydrogen) atoms. The van der Waals surface area contributed by atoms with E-state index in [0.717, 1.165) is 19.3 Å². The minimum absolute atomic E-state index is 0.155. The lowest BCUT2D eigenvalue weighted by molar-refractivity contribution is -0.122. The van der Waals surface area contributed by atoms with Crippen LogP contribution >= 0.6 is 0 Å². The van der Waals surface area contributed by atoms with Gasteiger partial charge in [-0.3, -0.25) is 10.1 Å². The molecule has 0 saturated heterocycles. The van der Waals surface area contributed by atoms with Crippen LogP contribution in [-0.4, -0.2) is 37.2 Å². The van der Waals surface area contributed by atoms with E-state index in [2.05, 4.69) is 10.6 Å². The molecule has 7 nitrogen and oxygen atoms in total. The lowest BCUT2D eigenvalue weighted by atomic mass is 9.53. The van der Waals surface area contributed by atoms with Gasteiger partial charge >= 0.3 is 12.0 Å². The van der Waals surface area contributed by atoms with Crippen LogP contribution in [0.3, 0.4) is 0 Å². The average molecular weight is 386 g/mol. The Morgan fingerprint density at radius 3 is 2.25 bits per heavy atom.